The molecule has 0 fully saturated rings. The van der Waals surface area contributed by atoms with Crippen LogP contribution in [0, 0.1) is 0 Å². The Hall–Kier alpha value is -2.05. The topological polar surface area (TPSA) is 59.3 Å². The van der Waals surface area contributed by atoms with Crippen molar-refractivity contribution in [1.29, 1.82) is 0 Å². The van der Waals surface area contributed by atoms with Gasteiger partial charge in [0.2, 0.25) is 0 Å². The SMILES string of the molecule is C=Cc1cc(C(=O)O)c(=O)n(CCC(F)(F)F)c1. The van der Waals surface area contributed by atoms with Crippen LogP contribution in [-0.4, -0.2) is 21.8 Å². The first-order chi connectivity index (χ1) is 8.24. The zero-order valence-corrected chi connectivity index (χ0v) is 9.20. The molecule has 98 valence electrons. The van der Waals surface area contributed by atoms with E-state index >= 15 is 0 Å². The quantitative estimate of drug-likeness (QED) is 0.903. The molecule has 0 aliphatic heterocycles. The standard InChI is InChI=1S/C11H10F3NO3/c1-2-7-5-8(10(17)18)9(16)15(6-7)4-3-11(12,13)14/h2,5-6H,1,3-4H2,(H,17,18). The smallest absolute Gasteiger partial charge is 0.390 e. The van der Waals surface area contributed by atoms with Gasteiger partial charge in [-0.15, -0.1) is 0 Å². The van der Waals surface area contributed by atoms with Crippen molar-refractivity contribution in [2.45, 2.75) is 19.1 Å². The molecule has 0 spiro atoms. The molecule has 0 radical (unpaired) electrons. The van der Waals surface area contributed by atoms with Gasteiger partial charge < -0.3 is 9.67 Å². The Labute approximate surface area is 100.0 Å². The summed E-state index contributed by atoms with van der Waals surface area (Å²) in [6, 6.07) is 1.07. The third-order valence-electron chi connectivity index (χ3n) is 2.21. The molecule has 0 aliphatic carbocycles. The fraction of sp³-hybridized carbons (Fsp3) is 0.273. The van der Waals surface area contributed by atoms with Crippen molar-refractivity contribution in [3.8, 4) is 0 Å². The molecule has 1 aromatic rings. The number of hydrogen-bond donors (Lipinski definition) is 1. The predicted octanol–water partition coefficient (Wildman–Crippen LogP) is 2.14. The molecule has 7 heteroatoms. The molecule has 18 heavy (non-hydrogen) atoms. The van der Waals surface area contributed by atoms with Crippen molar-refractivity contribution in [3.05, 3.63) is 40.3 Å². The minimum absolute atomic E-state index is 0.272. The van der Waals surface area contributed by atoms with Crippen LogP contribution in [0.1, 0.15) is 22.3 Å². The second-order valence-electron chi connectivity index (χ2n) is 3.56. The van der Waals surface area contributed by atoms with E-state index in [4.69, 9.17) is 5.11 Å². The lowest BCUT2D eigenvalue weighted by molar-refractivity contribution is -0.136. The molecule has 0 atom stereocenters. The summed E-state index contributed by atoms with van der Waals surface area (Å²) in [5.74, 6) is -1.48. The zero-order chi connectivity index (χ0) is 13.9. The van der Waals surface area contributed by atoms with E-state index in [0.717, 1.165) is 16.8 Å². The summed E-state index contributed by atoms with van der Waals surface area (Å²) in [5.41, 5.74) is -1.26. The van der Waals surface area contributed by atoms with Crippen molar-refractivity contribution in [3.63, 3.8) is 0 Å². The highest BCUT2D eigenvalue weighted by molar-refractivity contribution is 5.87. The Morgan fingerprint density at radius 1 is 1.50 bits per heavy atom. The maximum atomic E-state index is 12.1. The summed E-state index contributed by atoms with van der Waals surface area (Å²) in [7, 11) is 0. The van der Waals surface area contributed by atoms with Crippen LogP contribution in [-0.2, 0) is 6.54 Å². The van der Waals surface area contributed by atoms with E-state index in [1.807, 2.05) is 0 Å². The van der Waals surface area contributed by atoms with Crippen LogP contribution in [0.2, 0.25) is 0 Å². The van der Waals surface area contributed by atoms with Gasteiger partial charge in [0.1, 0.15) is 5.56 Å². The lowest BCUT2D eigenvalue weighted by Crippen LogP contribution is -2.28. The second kappa shape index (κ2) is 5.07. The van der Waals surface area contributed by atoms with Crippen LogP contribution >= 0.6 is 0 Å². The average molecular weight is 261 g/mol. The Morgan fingerprint density at radius 3 is 2.56 bits per heavy atom. The van der Waals surface area contributed by atoms with Gasteiger partial charge in [-0.2, -0.15) is 13.2 Å². The Morgan fingerprint density at radius 2 is 2.11 bits per heavy atom. The number of rotatable bonds is 4. The maximum Gasteiger partial charge on any atom is 0.390 e. The highest BCUT2D eigenvalue weighted by Gasteiger charge is 2.27. The van der Waals surface area contributed by atoms with Gasteiger partial charge in [-0.1, -0.05) is 12.7 Å². The molecule has 4 nitrogen and oxygen atoms in total. The molecule has 1 N–H and O–H groups in total. The van der Waals surface area contributed by atoms with E-state index in [9.17, 15) is 22.8 Å². The van der Waals surface area contributed by atoms with Gasteiger partial charge >= 0.3 is 12.1 Å². The van der Waals surface area contributed by atoms with Gasteiger partial charge in [-0.25, -0.2) is 4.79 Å². The van der Waals surface area contributed by atoms with Crippen LogP contribution in [0.15, 0.2) is 23.6 Å². The number of carbonyl (C=O) groups is 1. The fourth-order valence-electron chi connectivity index (χ4n) is 1.34. The highest BCUT2D eigenvalue weighted by Crippen LogP contribution is 2.20. The summed E-state index contributed by atoms with van der Waals surface area (Å²) >= 11 is 0. The normalized spacial score (nSPS) is 11.3. The minimum Gasteiger partial charge on any atom is -0.477 e. The summed E-state index contributed by atoms with van der Waals surface area (Å²) in [6.07, 6.45) is -3.21. The third kappa shape index (κ3) is 3.47. The summed E-state index contributed by atoms with van der Waals surface area (Å²) in [6.45, 7) is 2.76. The Bertz CT molecular complexity index is 531. The Balaban J connectivity index is 3.18. The van der Waals surface area contributed by atoms with Gasteiger partial charge in [0.25, 0.3) is 5.56 Å². The monoisotopic (exact) mass is 261 g/mol. The average Bonchev–Trinajstić information content (AvgIpc) is 2.26. The lowest BCUT2D eigenvalue weighted by atomic mass is 10.2. The third-order valence-corrected chi connectivity index (χ3v) is 2.21. The van der Waals surface area contributed by atoms with Crippen molar-refractivity contribution in [2.75, 3.05) is 0 Å². The van der Waals surface area contributed by atoms with E-state index < -0.39 is 36.2 Å². The van der Waals surface area contributed by atoms with Gasteiger partial charge in [-0.05, 0) is 11.6 Å². The fourth-order valence-corrected chi connectivity index (χ4v) is 1.34. The number of carboxylic acid groups (broad SMARTS) is 1. The lowest BCUT2D eigenvalue weighted by Gasteiger charge is -2.10. The van der Waals surface area contributed by atoms with Crippen molar-refractivity contribution >= 4 is 12.0 Å². The van der Waals surface area contributed by atoms with Crippen LogP contribution in [0.3, 0.4) is 0 Å². The van der Waals surface area contributed by atoms with Crippen LogP contribution < -0.4 is 5.56 Å². The first-order valence-electron chi connectivity index (χ1n) is 4.91. The van der Waals surface area contributed by atoms with Crippen LogP contribution in [0.5, 0.6) is 0 Å². The maximum absolute atomic E-state index is 12.1. The van der Waals surface area contributed by atoms with E-state index in [2.05, 4.69) is 6.58 Å². The number of hydrogen-bond acceptors (Lipinski definition) is 2. The van der Waals surface area contributed by atoms with Crippen LogP contribution in [0.4, 0.5) is 13.2 Å². The van der Waals surface area contributed by atoms with Crippen molar-refractivity contribution in [2.24, 2.45) is 0 Å². The van der Waals surface area contributed by atoms with E-state index in [1.165, 1.54) is 6.08 Å². The molecular weight excluding hydrogens is 251 g/mol. The summed E-state index contributed by atoms with van der Waals surface area (Å²) in [5, 5.41) is 8.77. The van der Waals surface area contributed by atoms with Crippen LogP contribution in [0.25, 0.3) is 6.08 Å². The second-order valence-corrected chi connectivity index (χ2v) is 3.56. The number of nitrogens with zero attached hydrogens (tertiary/aromatic N) is 1. The molecule has 0 amide bonds. The zero-order valence-electron chi connectivity index (χ0n) is 9.20. The summed E-state index contributed by atoms with van der Waals surface area (Å²) < 4.78 is 36.9. The van der Waals surface area contributed by atoms with E-state index in [1.54, 1.807) is 0 Å². The number of alkyl halides is 3. The van der Waals surface area contributed by atoms with E-state index in [0.29, 0.717) is 0 Å². The number of aromatic carboxylic acids is 1. The largest absolute Gasteiger partial charge is 0.477 e. The Kier molecular flexibility index (Phi) is 3.95. The molecule has 0 aromatic carbocycles. The van der Waals surface area contributed by atoms with Gasteiger partial charge in [-0.3, -0.25) is 4.79 Å². The molecule has 0 saturated carbocycles. The van der Waals surface area contributed by atoms with E-state index in [-0.39, 0.29) is 5.56 Å². The van der Waals surface area contributed by atoms with Crippen molar-refractivity contribution in [1.82, 2.24) is 4.57 Å². The molecule has 0 bridgehead atoms. The molecule has 1 aromatic heterocycles. The van der Waals surface area contributed by atoms with Gasteiger partial charge in [0, 0.05) is 12.7 Å². The highest BCUT2D eigenvalue weighted by atomic mass is 19.4. The molecule has 1 heterocycles. The van der Waals surface area contributed by atoms with Gasteiger partial charge in [0.15, 0.2) is 0 Å². The molecule has 1 rings (SSSR count). The molecule has 0 aliphatic rings. The first-order valence-corrected chi connectivity index (χ1v) is 4.91. The number of carboxylic acids is 1. The molecule has 0 saturated heterocycles. The predicted molar refractivity (Wildman–Crippen MR) is 58.4 cm³/mol. The molecular formula is C11H10F3NO3. The number of aromatic nitrogens is 1. The first kappa shape index (κ1) is 14.0. The number of halogens is 3. The van der Waals surface area contributed by atoms with Gasteiger partial charge in [0.05, 0.1) is 6.42 Å². The van der Waals surface area contributed by atoms with Crippen molar-refractivity contribution < 1.29 is 23.1 Å². The number of pyridine rings is 1. The number of aryl methyl sites for hydroxylation is 1. The molecule has 0 unspecified atom stereocenters. The summed E-state index contributed by atoms with van der Waals surface area (Å²) in [4.78, 5) is 22.3. The minimum atomic E-state index is -4.41.